The first-order valence-electron chi connectivity index (χ1n) is 10.7. The summed E-state index contributed by atoms with van der Waals surface area (Å²) >= 11 is 0. The molecule has 7 heteroatoms. The highest BCUT2D eigenvalue weighted by molar-refractivity contribution is 7.90. The average Bonchev–Trinajstić information content (AvgIpc) is 2.66. The van der Waals surface area contributed by atoms with Crippen LogP contribution in [0.4, 0.5) is 0 Å². The SMILES string of the molecule is CCNC(=NCC(C)(C)N1CCCC(C)C1)NCCc1ccc(S(C)(=O)=O)cc1. The predicted octanol–water partition coefficient (Wildman–Crippen LogP) is 2.70. The smallest absolute Gasteiger partial charge is 0.191 e. The van der Waals surface area contributed by atoms with Crippen LogP contribution in [0.15, 0.2) is 34.2 Å². The third-order valence-corrected chi connectivity index (χ3v) is 6.67. The van der Waals surface area contributed by atoms with Crippen molar-refractivity contribution in [2.24, 2.45) is 10.9 Å². The largest absolute Gasteiger partial charge is 0.357 e. The van der Waals surface area contributed by atoms with E-state index < -0.39 is 9.84 Å². The molecule has 1 aromatic carbocycles. The number of nitrogens with zero attached hydrogens (tertiary/aromatic N) is 2. The Bertz CT molecular complexity index is 773. The standard InChI is InChI=1S/C22H38N4O2S/c1-6-23-21(25-17-22(3,4)26-15-7-8-18(2)16-26)24-14-13-19-9-11-20(12-10-19)29(5,27)28/h9-12,18H,6-8,13-17H2,1-5H3,(H2,23,24,25). The molecule has 0 radical (unpaired) electrons. The number of hydrogen-bond acceptors (Lipinski definition) is 4. The summed E-state index contributed by atoms with van der Waals surface area (Å²) in [5.74, 6) is 1.59. The number of sulfone groups is 1. The number of piperidine rings is 1. The van der Waals surface area contributed by atoms with Gasteiger partial charge in [-0.05, 0) is 70.2 Å². The molecule has 2 N–H and O–H groups in total. The second kappa shape index (κ2) is 10.4. The van der Waals surface area contributed by atoms with Gasteiger partial charge in [-0.15, -0.1) is 0 Å². The summed E-state index contributed by atoms with van der Waals surface area (Å²) in [6.45, 7) is 13.6. The molecular formula is C22H38N4O2S. The molecule has 29 heavy (non-hydrogen) atoms. The van der Waals surface area contributed by atoms with Crippen molar-refractivity contribution in [1.82, 2.24) is 15.5 Å². The van der Waals surface area contributed by atoms with Gasteiger partial charge in [-0.2, -0.15) is 0 Å². The molecule has 6 nitrogen and oxygen atoms in total. The maximum absolute atomic E-state index is 11.6. The highest BCUT2D eigenvalue weighted by Crippen LogP contribution is 2.24. The van der Waals surface area contributed by atoms with E-state index in [4.69, 9.17) is 4.99 Å². The summed E-state index contributed by atoms with van der Waals surface area (Å²) in [5, 5.41) is 6.72. The van der Waals surface area contributed by atoms with Gasteiger partial charge in [0.25, 0.3) is 0 Å². The highest BCUT2D eigenvalue weighted by Gasteiger charge is 2.29. The molecule has 1 fully saturated rings. The number of aliphatic imine (C=N–C) groups is 1. The Kier molecular flexibility index (Phi) is 8.52. The molecule has 1 aliphatic rings. The topological polar surface area (TPSA) is 73.8 Å². The van der Waals surface area contributed by atoms with Crippen LogP contribution in [0.1, 0.15) is 46.1 Å². The fraction of sp³-hybridized carbons (Fsp3) is 0.682. The van der Waals surface area contributed by atoms with Gasteiger partial charge in [0.05, 0.1) is 11.4 Å². The van der Waals surface area contributed by atoms with Crippen LogP contribution in [0, 0.1) is 5.92 Å². The first kappa shape index (κ1) is 23.7. The lowest BCUT2D eigenvalue weighted by Gasteiger charge is -2.42. The van der Waals surface area contributed by atoms with Crippen LogP contribution in [0.5, 0.6) is 0 Å². The quantitative estimate of drug-likeness (QED) is 0.498. The van der Waals surface area contributed by atoms with Crippen molar-refractivity contribution >= 4 is 15.8 Å². The summed E-state index contributed by atoms with van der Waals surface area (Å²) in [7, 11) is -3.14. The Morgan fingerprint density at radius 1 is 1.24 bits per heavy atom. The number of guanidine groups is 1. The third-order valence-electron chi connectivity index (χ3n) is 5.54. The molecule has 1 heterocycles. The molecule has 1 unspecified atom stereocenters. The van der Waals surface area contributed by atoms with Gasteiger partial charge in [0.1, 0.15) is 0 Å². The van der Waals surface area contributed by atoms with Gasteiger partial charge in [0.15, 0.2) is 15.8 Å². The molecule has 1 aliphatic heterocycles. The first-order chi connectivity index (χ1) is 13.6. The van der Waals surface area contributed by atoms with Crippen molar-refractivity contribution in [1.29, 1.82) is 0 Å². The Morgan fingerprint density at radius 3 is 2.52 bits per heavy atom. The monoisotopic (exact) mass is 422 g/mol. The number of benzene rings is 1. The zero-order valence-corrected chi connectivity index (χ0v) is 19.5. The minimum atomic E-state index is -3.14. The second-order valence-electron chi connectivity index (χ2n) is 8.79. The lowest BCUT2D eigenvalue weighted by Crippen LogP contribution is -2.51. The van der Waals surface area contributed by atoms with Gasteiger partial charge in [-0.1, -0.05) is 19.1 Å². The number of nitrogens with one attached hydrogen (secondary N) is 2. The maximum Gasteiger partial charge on any atom is 0.191 e. The molecule has 0 bridgehead atoms. The molecule has 2 rings (SSSR count). The summed E-state index contributed by atoms with van der Waals surface area (Å²) in [5.41, 5.74) is 1.14. The normalized spacial score (nSPS) is 19.2. The van der Waals surface area contributed by atoms with Crippen LogP contribution in [-0.4, -0.2) is 63.8 Å². The van der Waals surface area contributed by atoms with Crippen molar-refractivity contribution in [2.75, 3.05) is 39.0 Å². The minimum absolute atomic E-state index is 0.0402. The van der Waals surface area contributed by atoms with E-state index in [1.807, 2.05) is 12.1 Å². The Hall–Kier alpha value is -1.60. The van der Waals surface area contributed by atoms with Crippen molar-refractivity contribution in [3.63, 3.8) is 0 Å². The number of hydrogen-bond donors (Lipinski definition) is 2. The Labute approximate surface area is 177 Å². The van der Waals surface area contributed by atoms with Crippen LogP contribution in [0.3, 0.4) is 0 Å². The molecule has 164 valence electrons. The molecule has 0 aliphatic carbocycles. The molecular weight excluding hydrogens is 384 g/mol. The average molecular weight is 423 g/mol. The van der Waals surface area contributed by atoms with Crippen molar-refractivity contribution < 1.29 is 8.42 Å². The van der Waals surface area contributed by atoms with Gasteiger partial charge in [0, 0.05) is 31.4 Å². The highest BCUT2D eigenvalue weighted by atomic mass is 32.2. The van der Waals surface area contributed by atoms with Crippen LogP contribution >= 0.6 is 0 Å². The molecule has 0 amide bonds. The fourth-order valence-electron chi connectivity index (χ4n) is 3.68. The lowest BCUT2D eigenvalue weighted by atomic mass is 9.94. The maximum atomic E-state index is 11.6. The minimum Gasteiger partial charge on any atom is -0.357 e. The van der Waals surface area contributed by atoms with Crippen molar-refractivity contribution in [3.8, 4) is 0 Å². The van der Waals surface area contributed by atoms with Gasteiger partial charge in [0.2, 0.25) is 0 Å². The van der Waals surface area contributed by atoms with E-state index in [0.29, 0.717) is 4.90 Å². The van der Waals surface area contributed by atoms with E-state index in [9.17, 15) is 8.42 Å². The summed E-state index contributed by atoms with van der Waals surface area (Å²) in [4.78, 5) is 7.76. The van der Waals surface area contributed by atoms with E-state index in [-0.39, 0.29) is 5.54 Å². The van der Waals surface area contributed by atoms with Gasteiger partial charge in [-0.3, -0.25) is 9.89 Å². The van der Waals surface area contributed by atoms with Gasteiger partial charge >= 0.3 is 0 Å². The summed E-state index contributed by atoms with van der Waals surface area (Å²) < 4.78 is 23.1. The van der Waals surface area contributed by atoms with Crippen LogP contribution in [-0.2, 0) is 16.3 Å². The van der Waals surface area contributed by atoms with E-state index >= 15 is 0 Å². The molecule has 0 aromatic heterocycles. The van der Waals surface area contributed by atoms with Crippen LogP contribution in [0.25, 0.3) is 0 Å². The van der Waals surface area contributed by atoms with Crippen molar-refractivity contribution in [2.45, 2.75) is 57.4 Å². The second-order valence-corrected chi connectivity index (χ2v) is 10.8. The number of rotatable bonds is 8. The van der Waals surface area contributed by atoms with E-state index in [2.05, 4.69) is 43.2 Å². The van der Waals surface area contributed by atoms with E-state index in [1.54, 1.807) is 12.1 Å². The van der Waals surface area contributed by atoms with Crippen LogP contribution < -0.4 is 10.6 Å². The number of likely N-dealkylation sites (tertiary alicyclic amines) is 1. The summed E-state index contributed by atoms with van der Waals surface area (Å²) in [6.07, 6.45) is 4.63. The van der Waals surface area contributed by atoms with Crippen molar-refractivity contribution in [3.05, 3.63) is 29.8 Å². The molecule has 0 spiro atoms. The Morgan fingerprint density at radius 2 is 1.93 bits per heavy atom. The summed E-state index contributed by atoms with van der Waals surface area (Å²) in [6, 6.07) is 7.10. The molecule has 1 aromatic rings. The zero-order chi connectivity index (χ0) is 21.5. The van der Waals surface area contributed by atoms with Gasteiger partial charge < -0.3 is 10.6 Å². The molecule has 1 saturated heterocycles. The predicted molar refractivity (Wildman–Crippen MR) is 121 cm³/mol. The van der Waals surface area contributed by atoms with E-state index in [0.717, 1.165) is 56.6 Å². The zero-order valence-electron chi connectivity index (χ0n) is 18.7. The molecule has 0 saturated carbocycles. The van der Waals surface area contributed by atoms with Gasteiger partial charge in [-0.25, -0.2) is 8.42 Å². The van der Waals surface area contributed by atoms with E-state index in [1.165, 1.54) is 19.1 Å². The first-order valence-corrected chi connectivity index (χ1v) is 12.6. The third kappa shape index (κ3) is 7.63. The Balaban J connectivity index is 1.90. The van der Waals surface area contributed by atoms with Crippen LogP contribution in [0.2, 0.25) is 0 Å². The fourth-order valence-corrected chi connectivity index (χ4v) is 4.31. The lowest BCUT2D eigenvalue weighted by molar-refractivity contribution is 0.0774. The molecule has 1 atom stereocenters.